The molecule has 1 heterocycles. The molecule has 0 aliphatic heterocycles. The number of rotatable bonds is 6. The van der Waals surface area contributed by atoms with Gasteiger partial charge in [-0.05, 0) is 72.7 Å². The Balaban J connectivity index is 1.84. The lowest BCUT2D eigenvalue weighted by Gasteiger charge is -2.26. The number of amides is 1. The molecule has 2 N–H and O–H groups in total. The van der Waals surface area contributed by atoms with Crippen LogP contribution in [0.2, 0.25) is 0 Å². The lowest BCUT2D eigenvalue weighted by molar-refractivity contribution is -0.137. The van der Waals surface area contributed by atoms with Crippen LogP contribution in [0.1, 0.15) is 33.2 Å². The van der Waals surface area contributed by atoms with E-state index in [0.29, 0.717) is 18.5 Å². The maximum Gasteiger partial charge on any atom is 0.416 e. The Morgan fingerprint density at radius 3 is 2.33 bits per heavy atom. The van der Waals surface area contributed by atoms with E-state index in [-0.39, 0.29) is 5.91 Å². The van der Waals surface area contributed by atoms with Crippen molar-refractivity contribution in [2.24, 2.45) is 5.73 Å². The quantitative estimate of drug-likeness (QED) is 0.546. The van der Waals surface area contributed by atoms with Gasteiger partial charge in [-0.1, -0.05) is 24.3 Å². The Labute approximate surface area is 177 Å². The van der Waals surface area contributed by atoms with Crippen LogP contribution in [-0.2, 0) is 17.4 Å². The summed E-state index contributed by atoms with van der Waals surface area (Å²) < 4.78 is 38.4. The number of anilines is 1. The molecule has 30 heavy (non-hydrogen) atoms. The first kappa shape index (κ1) is 22.1. The summed E-state index contributed by atoms with van der Waals surface area (Å²) >= 11 is 1.42. The van der Waals surface area contributed by atoms with Crippen LogP contribution in [0.5, 0.6) is 0 Å². The zero-order valence-electron chi connectivity index (χ0n) is 16.7. The summed E-state index contributed by atoms with van der Waals surface area (Å²) in [5.74, 6) is -0.243. The van der Waals surface area contributed by atoms with Crippen LogP contribution < -0.4 is 10.6 Å². The fraction of sp³-hybridized carbons (Fsp3) is 0.261. The van der Waals surface area contributed by atoms with Crippen molar-refractivity contribution in [3.05, 3.63) is 87.1 Å². The maximum absolute atomic E-state index is 13.2. The van der Waals surface area contributed by atoms with Crippen LogP contribution >= 0.6 is 11.3 Å². The predicted molar refractivity (Wildman–Crippen MR) is 115 cm³/mol. The molecule has 0 bridgehead atoms. The highest BCUT2D eigenvalue weighted by Gasteiger charge is 2.30. The normalized spacial score (nSPS) is 12.6. The van der Waals surface area contributed by atoms with E-state index in [1.807, 2.05) is 49.6 Å². The summed E-state index contributed by atoms with van der Waals surface area (Å²) in [5.41, 5.74) is 9.13. The number of hydrogen-bond donors (Lipinski definition) is 1. The summed E-state index contributed by atoms with van der Waals surface area (Å²) in [7, 11) is 0. The van der Waals surface area contributed by atoms with Gasteiger partial charge in [0.05, 0.1) is 5.56 Å². The van der Waals surface area contributed by atoms with Gasteiger partial charge < -0.3 is 10.6 Å². The fourth-order valence-corrected chi connectivity index (χ4v) is 3.84. The van der Waals surface area contributed by atoms with Gasteiger partial charge in [0.15, 0.2) is 0 Å². The van der Waals surface area contributed by atoms with Crippen molar-refractivity contribution in [1.82, 2.24) is 0 Å². The third kappa shape index (κ3) is 5.09. The average molecular weight is 433 g/mol. The lowest BCUT2D eigenvalue weighted by Crippen LogP contribution is -2.39. The van der Waals surface area contributed by atoms with E-state index in [0.717, 1.165) is 33.8 Å². The number of thiophene rings is 1. The molecule has 0 radical (unpaired) electrons. The van der Waals surface area contributed by atoms with Gasteiger partial charge in [-0.2, -0.15) is 13.2 Å². The second-order valence-electron chi connectivity index (χ2n) is 7.20. The van der Waals surface area contributed by atoms with Crippen LogP contribution in [-0.4, -0.2) is 12.5 Å². The Kier molecular flexibility index (Phi) is 6.63. The minimum Gasteiger partial charge on any atom is -0.316 e. The monoisotopic (exact) mass is 432 g/mol. The second-order valence-corrected chi connectivity index (χ2v) is 8.18. The number of carbonyl (C=O) groups excluding carboxylic acids is 1. The SMILES string of the molecule is Cc1ccc(N(CCc2ccc(C(F)(F)F)cc2)C(=O)[C@H](N)c2cccs2)cc1C. The first-order valence-electron chi connectivity index (χ1n) is 9.50. The van der Waals surface area contributed by atoms with Crippen LogP contribution in [0, 0.1) is 13.8 Å². The predicted octanol–water partition coefficient (Wildman–Crippen LogP) is 5.66. The van der Waals surface area contributed by atoms with Crippen molar-refractivity contribution in [3.63, 3.8) is 0 Å². The zero-order valence-corrected chi connectivity index (χ0v) is 17.6. The van der Waals surface area contributed by atoms with Gasteiger partial charge >= 0.3 is 6.18 Å². The van der Waals surface area contributed by atoms with E-state index in [9.17, 15) is 18.0 Å². The van der Waals surface area contributed by atoms with E-state index in [1.54, 1.807) is 4.90 Å². The van der Waals surface area contributed by atoms with E-state index in [2.05, 4.69) is 0 Å². The third-order valence-corrected chi connectivity index (χ3v) is 6.04. The molecule has 0 aliphatic rings. The highest BCUT2D eigenvalue weighted by atomic mass is 32.1. The van der Waals surface area contributed by atoms with Gasteiger partial charge in [0.2, 0.25) is 5.91 Å². The Morgan fingerprint density at radius 2 is 1.77 bits per heavy atom. The molecule has 0 aliphatic carbocycles. The standard InChI is InChI=1S/C23H23F3N2OS/c1-15-5-10-19(14-16(15)2)28(22(29)21(27)20-4-3-13-30-20)12-11-17-6-8-18(9-7-17)23(24,25)26/h3-10,13-14,21H,11-12,27H2,1-2H3/t21-/m1/s1. The van der Waals surface area contributed by atoms with Crippen molar-refractivity contribution < 1.29 is 18.0 Å². The number of nitrogens with zero attached hydrogens (tertiary/aromatic N) is 1. The third-order valence-electron chi connectivity index (χ3n) is 5.09. The number of carbonyl (C=O) groups is 1. The molecule has 1 aromatic heterocycles. The summed E-state index contributed by atoms with van der Waals surface area (Å²) in [5, 5.41) is 1.87. The Hall–Kier alpha value is -2.64. The second kappa shape index (κ2) is 9.02. The maximum atomic E-state index is 13.2. The Bertz CT molecular complexity index is 998. The topological polar surface area (TPSA) is 46.3 Å². The van der Waals surface area contributed by atoms with Crippen LogP contribution in [0.15, 0.2) is 60.0 Å². The van der Waals surface area contributed by atoms with Gasteiger partial charge in [-0.25, -0.2) is 0 Å². The molecular formula is C23H23F3N2OS. The highest BCUT2D eigenvalue weighted by molar-refractivity contribution is 7.10. The molecule has 3 nitrogen and oxygen atoms in total. The summed E-state index contributed by atoms with van der Waals surface area (Å²) in [6.45, 7) is 4.27. The minimum absolute atomic E-state index is 0.243. The molecular weight excluding hydrogens is 409 g/mol. The summed E-state index contributed by atoms with van der Waals surface area (Å²) in [4.78, 5) is 15.6. The first-order valence-corrected chi connectivity index (χ1v) is 10.4. The molecule has 0 fully saturated rings. The van der Waals surface area contributed by atoms with Crippen molar-refractivity contribution in [3.8, 4) is 0 Å². The van der Waals surface area contributed by atoms with Crippen molar-refractivity contribution in [2.75, 3.05) is 11.4 Å². The number of alkyl halides is 3. The van der Waals surface area contributed by atoms with E-state index >= 15 is 0 Å². The molecule has 2 aromatic carbocycles. The molecule has 0 unspecified atom stereocenters. The molecule has 3 aromatic rings. The van der Waals surface area contributed by atoms with E-state index in [1.165, 1.54) is 23.5 Å². The lowest BCUT2D eigenvalue weighted by atomic mass is 10.1. The van der Waals surface area contributed by atoms with Crippen LogP contribution in [0.25, 0.3) is 0 Å². The number of benzene rings is 2. The molecule has 0 saturated carbocycles. The van der Waals surface area contributed by atoms with Gasteiger partial charge in [-0.3, -0.25) is 4.79 Å². The summed E-state index contributed by atoms with van der Waals surface area (Å²) in [6, 6.07) is 13.6. The van der Waals surface area contributed by atoms with E-state index < -0.39 is 17.8 Å². The summed E-state index contributed by atoms with van der Waals surface area (Å²) in [6.07, 6.45) is -3.96. The smallest absolute Gasteiger partial charge is 0.316 e. The average Bonchev–Trinajstić information content (AvgIpc) is 3.24. The van der Waals surface area contributed by atoms with Gasteiger partial charge in [0, 0.05) is 17.1 Å². The largest absolute Gasteiger partial charge is 0.416 e. The zero-order chi connectivity index (χ0) is 21.9. The van der Waals surface area contributed by atoms with Crippen LogP contribution in [0.4, 0.5) is 18.9 Å². The number of aryl methyl sites for hydroxylation is 2. The first-order chi connectivity index (χ1) is 14.2. The van der Waals surface area contributed by atoms with Crippen molar-refractivity contribution in [1.29, 1.82) is 0 Å². The molecule has 1 atom stereocenters. The van der Waals surface area contributed by atoms with Crippen LogP contribution in [0.3, 0.4) is 0 Å². The molecule has 0 spiro atoms. The van der Waals surface area contributed by atoms with Gasteiger partial charge in [0.1, 0.15) is 6.04 Å². The molecule has 0 saturated heterocycles. The molecule has 158 valence electrons. The molecule has 3 rings (SSSR count). The van der Waals surface area contributed by atoms with Gasteiger partial charge in [0.25, 0.3) is 0 Å². The minimum atomic E-state index is -4.37. The van der Waals surface area contributed by atoms with Crippen molar-refractivity contribution >= 4 is 22.9 Å². The van der Waals surface area contributed by atoms with Crippen molar-refractivity contribution in [2.45, 2.75) is 32.5 Å². The fourth-order valence-electron chi connectivity index (χ4n) is 3.12. The number of nitrogens with two attached hydrogens (primary N) is 1. The van der Waals surface area contributed by atoms with Gasteiger partial charge in [-0.15, -0.1) is 11.3 Å². The molecule has 7 heteroatoms. The highest BCUT2D eigenvalue weighted by Crippen LogP contribution is 2.29. The van der Waals surface area contributed by atoms with E-state index in [4.69, 9.17) is 5.73 Å². The molecule has 1 amide bonds. The Morgan fingerprint density at radius 1 is 1.07 bits per heavy atom. The number of halogens is 3. The number of hydrogen-bond acceptors (Lipinski definition) is 3.